The molecule has 7 nitrogen and oxygen atoms in total. The lowest BCUT2D eigenvalue weighted by molar-refractivity contribution is -0.116. The van der Waals surface area contributed by atoms with Crippen molar-refractivity contribution in [2.24, 2.45) is 14.1 Å². The highest BCUT2D eigenvalue weighted by Crippen LogP contribution is 2.13. The van der Waals surface area contributed by atoms with Crippen LogP contribution in [-0.4, -0.2) is 20.0 Å². The maximum atomic E-state index is 12.2. The molecule has 3 aromatic heterocycles. The SMILES string of the molecule is Cn1c(=O)c2cc(NC(=O)CCc3ccsc3)cnc2n(C)c1=O. The van der Waals surface area contributed by atoms with Gasteiger partial charge in [-0.1, -0.05) is 0 Å². The van der Waals surface area contributed by atoms with Crippen LogP contribution in [0.4, 0.5) is 5.69 Å². The third kappa shape index (κ3) is 3.00. The van der Waals surface area contributed by atoms with Gasteiger partial charge in [-0.05, 0) is 34.9 Å². The molecule has 0 bridgehead atoms. The Bertz CT molecular complexity index is 1020. The van der Waals surface area contributed by atoms with Gasteiger partial charge in [0.05, 0.1) is 17.3 Å². The highest BCUT2D eigenvalue weighted by molar-refractivity contribution is 7.07. The first kappa shape index (κ1) is 16.1. The van der Waals surface area contributed by atoms with Crippen molar-refractivity contribution in [3.63, 3.8) is 0 Å². The van der Waals surface area contributed by atoms with E-state index in [1.54, 1.807) is 24.5 Å². The van der Waals surface area contributed by atoms with Crippen molar-refractivity contribution in [2.45, 2.75) is 12.8 Å². The van der Waals surface area contributed by atoms with Crippen molar-refractivity contribution >= 4 is 34.0 Å². The van der Waals surface area contributed by atoms with E-state index in [9.17, 15) is 14.4 Å². The molecule has 8 heteroatoms. The smallest absolute Gasteiger partial charge is 0.325 e. The van der Waals surface area contributed by atoms with Gasteiger partial charge >= 0.3 is 5.69 Å². The Hall–Kier alpha value is -2.74. The molecule has 0 aliphatic carbocycles. The number of thiophene rings is 1. The van der Waals surface area contributed by atoms with Crippen molar-refractivity contribution in [3.05, 3.63) is 55.5 Å². The summed E-state index contributed by atoms with van der Waals surface area (Å²) in [6.07, 6.45) is 2.45. The normalized spacial score (nSPS) is 10.9. The van der Waals surface area contributed by atoms with E-state index in [1.165, 1.54) is 17.8 Å². The van der Waals surface area contributed by atoms with Gasteiger partial charge in [-0.15, -0.1) is 0 Å². The van der Waals surface area contributed by atoms with E-state index < -0.39 is 11.2 Å². The summed E-state index contributed by atoms with van der Waals surface area (Å²) in [4.78, 5) is 40.3. The van der Waals surface area contributed by atoms with E-state index in [2.05, 4.69) is 10.3 Å². The van der Waals surface area contributed by atoms with Crippen LogP contribution in [0.25, 0.3) is 11.0 Å². The maximum absolute atomic E-state index is 12.2. The van der Waals surface area contributed by atoms with E-state index in [1.807, 2.05) is 16.8 Å². The minimum atomic E-state index is -0.437. The topological polar surface area (TPSA) is 86.0 Å². The molecule has 0 spiro atoms. The van der Waals surface area contributed by atoms with E-state index >= 15 is 0 Å². The van der Waals surface area contributed by atoms with Gasteiger partial charge in [0, 0.05) is 20.5 Å². The molecule has 3 aromatic rings. The van der Waals surface area contributed by atoms with Crippen LogP contribution >= 0.6 is 11.3 Å². The maximum Gasteiger partial charge on any atom is 0.332 e. The van der Waals surface area contributed by atoms with Gasteiger partial charge in [-0.25, -0.2) is 9.78 Å². The van der Waals surface area contributed by atoms with E-state index in [0.717, 1.165) is 10.1 Å². The van der Waals surface area contributed by atoms with Crippen LogP contribution < -0.4 is 16.6 Å². The van der Waals surface area contributed by atoms with E-state index in [-0.39, 0.29) is 11.3 Å². The zero-order valence-corrected chi connectivity index (χ0v) is 14.1. The number of aryl methyl sites for hydroxylation is 2. The summed E-state index contributed by atoms with van der Waals surface area (Å²) in [5, 5.41) is 7.01. The van der Waals surface area contributed by atoms with Crippen molar-refractivity contribution < 1.29 is 4.79 Å². The first-order valence-electron chi connectivity index (χ1n) is 7.34. The number of carbonyl (C=O) groups excluding carboxylic acids is 1. The second-order valence-corrected chi connectivity index (χ2v) is 6.26. The van der Waals surface area contributed by atoms with E-state index in [4.69, 9.17) is 0 Å². The molecule has 0 radical (unpaired) electrons. The lowest BCUT2D eigenvalue weighted by Crippen LogP contribution is -2.37. The molecule has 0 aliphatic rings. The van der Waals surface area contributed by atoms with E-state index in [0.29, 0.717) is 24.2 Å². The van der Waals surface area contributed by atoms with Gasteiger partial charge < -0.3 is 5.32 Å². The van der Waals surface area contributed by atoms with Gasteiger partial charge in [0.25, 0.3) is 5.56 Å². The molecule has 24 heavy (non-hydrogen) atoms. The summed E-state index contributed by atoms with van der Waals surface area (Å²) in [6, 6.07) is 3.53. The zero-order valence-electron chi connectivity index (χ0n) is 13.3. The number of carbonyl (C=O) groups is 1. The molecule has 3 heterocycles. The molecular formula is C16H16N4O3S. The number of anilines is 1. The van der Waals surface area contributed by atoms with Crippen LogP contribution in [0.1, 0.15) is 12.0 Å². The van der Waals surface area contributed by atoms with Crippen LogP contribution in [0.15, 0.2) is 38.7 Å². The first-order chi connectivity index (χ1) is 11.5. The second kappa shape index (κ2) is 6.40. The number of aromatic nitrogens is 3. The third-order valence-corrected chi connectivity index (χ3v) is 4.53. The molecule has 0 saturated carbocycles. The Labute approximate surface area is 141 Å². The van der Waals surface area contributed by atoms with Gasteiger partial charge in [0.2, 0.25) is 5.91 Å². The fraction of sp³-hybridized carbons (Fsp3) is 0.250. The van der Waals surface area contributed by atoms with Gasteiger partial charge in [0.1, 0.15) is 5.65 Å². The quantitative estimate of drug-likeness (QED) is 0.772. The van der Waals surface area contributed by atoms with Crippen LogP contribution in [-0.2, 0) is 25.3 Å². The summed E-state index contributed by atoms with van der Waals surface area (Å²) < 4.78 is 2.32. The Morgan fingerprint density at radius 3 is 2.79 bits per heavy atom. The Kier molecular flexibility index (Phi) is 4.30. The monoisotopic (exact) mass is 344 g/mol. The molecule has 0 aromatic carbocycles. The van der Waals surface area contributed by atoms with Crippen LogP contribution in [0.3, 0.4) is 0 Å². The lowest BCUT2D eigenvalue weighted by atomic mass is 10.2. The summed E-state index contributed by atoms with van der Waals surface area (Å²) in [5.74, 6) is -0.149. The number of fused-ring (bicyclic) bond motifs is 1. The molecule has 0 fully saturated rings. The number of nitrogens with one attached hydrogen (secondary N) is 1. The highest BCUT2D eigenvalue weighted by Gasteiger charge is 2.11. The minimum Gasteiger partial charge on any atom is -0.325 e. The predicted octanol–water partition coefficient (Wildman–Crippen LogP) is 1.26. The van der Waals surface area contributed by atoms with Crippen molar-refractivity contribution in [1.82, 2.24) is 14.1 Å². The molecule has 0 atom stereocenters. The number of pyridine rings is 1. The number of nitrogens with zero attached hydrogens (tertiary/aromatic N) is 3. The first-order valence-corrected chi connectivity index (χ1v) is 8.28. The number of hydrogen-bond acceptors (Lipinski definition) is 5. The molecule has 3 rings (SSSR count). The predicted molar refractivity (Wildman–Crippen MR) is 93.5 cm³/mol. The standard InChI is InChI=1S/C16H16N4O3S/c1-19-14-12(15(22)20(2)16(19)23)7-11(8-17-14)18-13(21)4-3-10-5-6-24-9-10/h5-9H,3-4H2,1-2H3,(H,18,21). The molecule has 0 unspecified atom stereocenters. The zero-order chi connectivity index (χ0) is 17.3. The fourth-order valence-electron chi connectivity index (χ4n) is 2.45. The van der Waals surface area contributed by atoms with Gasteiger partial charge in [-0.3, -0.25) is 18.7 Å². The molecule has 1 N–H and O–H groups in total. The minimum absolute atomic E-state index is 0.149. The lowest BCUT2D eigenvalue weighted by Gasteiger charge is -2.09. The molecule has 0 saturated heterocycles. The fourth-order valence-corrected chi connectivity index (χ4v) is 3.15. The Balaban J connectivity index is 1.84. The summed E-state index contributed by atoms with van der Waals surface area (Å²) in [5.41, 5.74) is 0.978. The Morgan fingerprint density at radius 1 is 1.29 bits per heavy atom. The third-order valence-electron chi connectivity index (χ3n) is 3.80. The van der Waals surface area contributed by atoms with Crippen LogP contribution in [0.5, 0.6) is 0 Å². The number of hydrogen-bond donors (Lipinski definition) is 1. The Morgan fingerprint density at radius 2 is 2.08 bits per heavy atom. The van der Waals surface area contributed by atoms with Crippen molar-refractivity contribution in [2.75, 3.05) is 5.32 Å². The molecule has 124 valence electrons. The van der Waals surface area contributed by atoms with Gasteiger partial charge in [0.15, 0.2) is 0 Å². The molecular weight excluding hydrogens is 328 g/mol. The number of amides is 1. The van der Waals surface area contributed by atoms with Gasteiger partial charge in [-0.2, -0.15) is 11.3 Å². The second-order valence-electron chi connectivity index (χ2n) is 5.48. The largest absolute Gasteiger partial charge is 0.332 e. The summed E-state index contributed by atoms with van der Waals surface area (Å²) in [6.45, 7) is 0. The highest BCUT2D eigenvalue weighted by atomic mass is 32.1. The summed E-state index contributed by atoms with van der Waals surface area (Å²) in [7, 11) is 2.96. The summed E-state index contributed by atoms with van der Waals surface area (Å²) >= 11 is 1.60. The van der Waals surface area contributed by atoms with Crippen LogP contribution in [0.2, 0.25) is 0 Å². The van der Waals surface area contributed by atoms with Crippen LogP contribution in [0, 0.1) is 0 Å². The molecule has 1 amide bonds. The molecule has 0 aliphatic heterocycles. The average Bonchev–Trinajstić information content (AvgIpc) is 3.09. The van der Waals surface area contributed by atoms with Crippen molar-refractivity contribution in [3.8, 4) is 0 Å². The number of rotatable bonds is 4. The van der Waals surface area contributed by atoms with Crippen molar-refractivity contribution in [1.29, 1.82) is 0 Å². The average molecular weight is 344 g/mol.